The summed E-state index contributed by atoms with van der Waals surface area (Å²) in [5, 5.41) is 20.6. The number of carbonyl (C=O) groups is 1. The number of thiophene rings is 1. The van der Waals surface area contributed by atoms with Crippen molar-refractivity contribution in [3.63, 3.8) is 0 Å². The highest BCUT2D eigenvalue weighted by Gasteiger charge is 2.61. The lowest BCUT2D eigenvalue weighted by atomic mass is 10.1. The molecular formula is C19H16F5N7OS. The summed E-state index contributed by atoms with van der Waals surface area (Å²) in [4.78, 5) is 14.9. The van der Waals surface area contributed by atoms with Crippen molar-refractivity contribution >= 4 is 17.2 Å². The Morgan fingerprint density at radius 3 is 2.55 bits per heavy atom. The summed E-state index contributed by atoms with van der Waals surface area (Å²) in [6.45, 7) is 1.09. The first-order valence-corrected chi connectivity index (χ1v) is 10.4. The van der Waals surface area contributed by atoms with Crippen LogP contribution in [0.5, 0.6) is 0 Å². The second-order valence-electron chi connectivity index (χ2n) is 7.65. The molecule has 3 aromatic rings. The fourth-order valence-corrected chi connectivity index (χ4v) is 4.33. The van der Waals surface area contributed by atoms with E-state index in [4.69, 9.17) is 0 Å². The first-order chi connectivity index (χ1) is 15.4. The number of hydrogen-bond donors (Lipinski definition) is 0. The van der Waals surface area contributed by atoms with E-state index in [0.717, 1.165) is 40.5 Å². The molecule has 0 bridgehead atoms. The van der Waals surface area contributed by atoms with Gasteiger partial charge in [0.2, 0.25) is 0 Å². The van der Waals surface area contributed by atoms with E-state index in [-0.39, 0.29) is 33.9 Å². The molecule has 4 rings (SSSR count). The summed E-state index contributed by atoms with van der Waals surface area (Å²) in [7, 11) is 2.87. The van der Waals surface area contributed by atoms with Crippen molar-refractivity contribution in [2.24, 2.45) is 7.05 Å². The van der Waals surface area contributed by atoms with Gasteiger partial charge in [-0.1, -0.05) is 5.21 Å². The van der Waals surface area contributed by atoms with Crippen molar-refractivity contribution in [3.05, 3.63) is 34.0 Å². The summed E-state index contributed by atoms with van der Waals surface area (Å²) >= 11 is 1.00. The van der Waals surface area contributed by atoms with Crippen LogP contribution >= 0.6 is 11.3 Å². The molecule has 1 aliphatic rings. The molecule has 1 fully saturated rings. The van der Waals surface area contributed by atoms with E-state index in [9.17, 15) is 32.0 Å². The molecule has 0 spiro atoms. The Hall–Kier alpha value is -3.34. The summed E-state index contributed by atoms with van der Waals surface area (Å²) in [6.07, 6.45) is -2.70. The minimum absolute atomic E-state index is 0.130. The minimum atomic E-state index is -5.81. The monoisotopic (exact) mass is 485 g/mol. The number of aromatic nitrogens is 5. The van der Waals surface area contributed by atoms with E-state index in [2.05, 4.69) is 15.4 Å². The van der Waals surface area contributed by atoms with Gasteiger partial charge in [-0.05, 0) is 25.8 Å². The van der Waals surface area contributed by atoms with Gasteiger partial charge in [-0.3, -0.25) is 9.48 Å². The summed E-state index contributed by atoms with van der Waals surface area (Å²) in [5.41, 5.74) is -1.41. The molecule has 33 heavy (non-hydrogen) atoms. The Bertz CT molecular complexity index is 1280. The predicted octanol–water partition coefficient (Wildman–Crippen LogP) is 3.80. The molecule has 0 unspecified atom stereocenters. The SMILES string of the molecule is Cc1c(C(F)(F)C(F)(F)F)nn(C)c1-n1cc(-c2cc(C(=O)N(C)C3CC3)c(C#N)s2)nn1. The maximum Gasteiger partial charge on any atom is 0.459 e. The summed E-state index contributed by atoms with van der Waals surface area (Å²) in [6, 6.07) is 3.63. The van der Waals surface area contributed by atoms with E-state index in [1.165, 1.54) is 19.3 Å². The van der Waals surface area contributed by atoms with Crippen molar-refractivity contribution in [3.8, 4) is 22.5 Å². The van der Waals surface area contributed by atoms with Crippen molar-refractivity contribution in [2.75, 3.05) is 7.05 Å². The average Bonchev–Trinajstić information content (AvgIpc) is 3.18. The molecular weight excluding hydrogens is 469 g/mol. The van der Waals surface area contributed by atoms with E-state index < -0.39 is 23.4 Å². The molecule has 1 amide bonds. The molecule has 0 aliphatic heterocycles. The maximum absolute atomic E-state index is 13.9. The van der Waals surface area contributed by atoms with Crippen molar-refractivity contribution in [1.82, 2.24) is 29.7 Å². The smallest absolute Gasteiger partial charge is 0.339 e. The van der Waals surface area contributed by atoms with Crippen LogP contribution in [0, 0.1) is 18.3 Å². The van der Waals surface area contributed by atoms with Crippen molar-refractivity contribution in [2.45, 2.75) is 37.9 Å². The Morgan fingerprint density at radius 2 is 1.97 bits per heavy atom. The molecule has 1 aliphatic carbocycles. The van der Waals surface area contributed by atoms with Gasteiger partial charge in [-0.2, -0.15) is 32.3 Å². The molecule has 0 radical (unpaired) electrons. The summed E-state index contributed by atoms with van der Waals surface area (Å²) in [5.74, 6) is -5.57. The van der Waals surface area contributed by atoms with Gasteiger partial charge in [0.1, 0.15) is 22.3 Å². The molecule has 0 aromatic carbocycles. The first kappa shape index (κ1) is 22.8. The van der Waals surface area contributed by atoms with Crippen LogP contribution in [-0.2, 0) is 13.0 Å². The highest BCUT2D eigenvalue weighted by atomic mass is 32.1. The Kier molecular flexibility index (Phi) is 5.27. The van der Waals surface area contributed by atoms with Gasteiger partial charge in [-0.25, -0.2) is 4.68 Å². The van der Waals surface area contributed by atoms with Crippen LogP contribution in [0.4, 0.5) is 22.0 Å². The lowest BCUT2D eigenvalue weighted by Crippen LogP contribution is -2.34. The first-order valence-electron chi connectivity index (χ1n) is 9.59. The Balaban J connectivity index is 1.70. The van der Waals surface area contributed by atoms with Gasteiger partial charge < -0.3 is 4.90 Å². The number of nitrogens with zero attached hydrogens (tertiary/aromatic N) is 7. The minimum Gasteiger partial charge on any atom is -0.339 e. The third-order valence-electron chi connectivity index (χ3n) is 5.34. The Morgan fingerprint density at radius 1 is 1.30 bits per heavy atom. The molecule has 8 nitrogen and oxygen atoms in total. The van der Waals surface area contributed by atoms with E-state index in [0.29, 0.717) is 4.88 Å². The average molecular weight is 485 g/mol. The van der Waals surface area contributed by atoms with Gasteiger partial charge >= 0.3 is 12.1 Å². The number of rotatable bonds is 5. The fraction of sp³-hybridized carbons (Fsp3) is 0.421. The predicted molar refractivity (Wildman–Crippen MR) is 106 cm³/mol. The van der Waals surface area contributed by atoms with Gasteiger partial charge in [0, 0.05) is 25.7 Å². The zero-order valence-electron chi connectivity index (χ0n) is 17.5. The van der Waals surface area contributed by atoms with E-state index in [1.807, 2.05) is 6.07 Å². The quantitative estimate of drug-likeness (QED) is 0.513. The number of hydrogen-bond acceptors (Lipinski definition) is 6. The van der Waals surface area contributed by atoms with E-state index >= 15 is 0 Å². The second kappa shape index (κ2) is 7.62. The van der Waals surface area contributed by atoms with Crippen LogP contribution in [0.25, 0.3) is 16.4 Å². The maximum atomic E-state index is 13.9. The number of amides is 1. The molecule has 174 valence electrons. The lowest BCUT2D eigenvalue weighted by Gasteiger charge is -2.17. The zero-order valence-corrected chi connectivity index (χ0v) is 18.3. The number of nitriles is 1. The lowest BCUT2D eigenvalue weighted by molar-refractivity contribution is -0.291. The molecule has 0 atom stereocenters. The van der Waals surface area contributed by atoms with Crippen LogP contribution in [0.15, 0.2) is 12.3 Å². The standard InChI is InChI=1S/C19H16F5N7OS/c1-9-15(18(20,21)19(22,23)24)27-30(3)16(9)31-8-12(26-28-31)13-6-11(14(7-25)33-13)17(32)29(2)10-4-5-10/h6,8,10H,4-5H2,1-3H3. The number of carbonyl (C=O) groups excluding carboxylic acids is 1. The van der Waals surface area contributed by atoms with Crippen LogP contribution in [0.3, 0.4) is 0 Å². The van der Waals surface area contributed by atoms with E-state index in [1.54, 1.807) is 11.9 Å². The van der Waals surface area contributed by atoms with Gasteiger partial charge in [0.15, 0.2) is 5.82 Å². The van der Waals surface area contributed by atoms with Crippen LogP contribution in [0.2, 0.25) is 0 Å². The number of aryl methyl sites for hydroxylation is 1. The highest BCUT2D eigenvalue weighted by molar-refractivity contribution is 7.16. The highest BCUT2D eigenvalue weighted by Crippen LogP contribution is 2.45. The normalized spacial score (nSPS) is 14.4. The van der Waals surface area contributed by atoms with Crippen LogP contribution in [0.1, 0.15) is 39.3 Å². The molecule has 3 aromatic heterocycles. The molecule has 14 heteroatoms. The number of halogens is 5. The van der Waals surface area contributed by atoms with Gasteiger partial charge in [-0.15, -0.1) is 16.4 Å². The largest absolute Gasteiger partial charge is 0.459 e. The Labute approximate surface area is 187 Å². The fourth-order valence-electron chi connectivity index (χ4n) is 3.43. The summed E-state index contributed by atoms with van der Waals surface area (Å²) < 4.78 is 68.1. The number of alkyl halides is 5. The topological polar surface area (TPSA) is 92.6 Å². The molecule has 0 N–H and O–H groups in total. The van der Waals surface area contributed by atoms with Crippen molar-refractivity contribution in [1.29, 1.82) is 5.26 Å². The third-order valence-corrected chi connectivity index (χ3v) is 6.40. The zero-order chi connectivity index (χ0) is 24.3. The molecule has 1 saturated carbocycles. The molecule has 0 saturated heterocycles. The van der Waals surface area contributed by atoms with Crippen LogP contribution < -0.4 is 0 Å². The second-order valence-corrected chi connectivity index (χ2v) is 8.71. The third kappa shape index (κ3) is 3.75. The van der Waals surface area contributed by atoms with Gasteiger partial charge in [0.05, 0.1) is 16.6 Å². The van der Waals surface area contributed by atoms with Crippen molar-refractivity contribution < 1.29 is 26.7 Å². The van der Waals surface area contributed by atoms with Gasteiger partial charge in [0.25, 0.3) is 5.91 Å². The van der Waals surface area contributed by atoms with Crippen LogP contribution in [-0.4, -0.2) is 54.8 Å². The molecule has 3 heterocycles.